The molecule has 0 aromatic carbocycles. The van der Waals surface area contributed by atoms with E-state index in [1.54, 1.807) is 0 Å². The van der Waals surface area contributed by atoms with Gasteiger partial charge in [0.15, 0.2) is 12.2 Å². The minimum atomic E-state index is -4.97. The van der Waals surface area contributed by atoms with Crippen molar-refractivity contribution in [3.05, 3.63) is 0 Å². The highest BCUT2D eigenvalue weighted by molar-refractivity contribution is 7.47. The maximum absolute atomic E-state index is 13.2. The summed E-state index contributed by atoms with van der Waals surface area (Å²) in [6, 6.07) is 0. The third-order valence-electron chi connectivity index (χ3n) is 21.3. The predicted molar refractivity (Wildman–Crippen MR) is 451 cm³/mol. The molecule has 0 aliphatic heterocycles. The molecule has 0 fully saturated rings. The lowest BCUT2D eigenvalue weighted by molar-refractivity contribution is -0.161. The summed E-state index contributed by atoms with van der Waals surface area (Å²) in [5, 5.41) is 10.7. The van der Waals surface area contributed by atoms with Gasteiger partial charge in [0, 0.05) is 25.7 Å². The number of unbranched alkanes of at least 4 members (excludes halogenated alkanes) is 62. The van der Waals surface area contributed by atoms with Crippen LogP contribution in [0.3, 0.4) is 0 Å². The van der Waals surface area contributed by atoms with E-state index in [9.17, 15) is 43.2 Å². The third kappa shape index (κ3) is 83.8. The Morgan fingerprint density at radius 1 is 0.248 bits per heavy atom. The first kappa shape index (κ1) is 107. The Hall–Kier alpha value is -1.94. The Morgan fingerprint density at radius 2 is 0.422 bits per heavy atom. The van der Waals surface area contributed by atoms with Gasteiger partial charge in [-0.15, -0.1) is 0 Å². The summed E-state index contributed by atoms with van der Waals surface area (Å²) in [5.74, 6) is -1.32. The van der Waals surface area contributed by atoms with Crippen molar-refractivity contribution < 1.29 is 80.2 Å². The van der Waals surface area contributed by atoms with E-state index in [2.05, 4.69) is 34.6 Å². The van der Waals surface area contributed by atoms with E-state index < -0.39 is 97.5 Å². The molecule has 109 heavy (non-hydrogen) atoms. The van der Waals surface area contributed by atoms with E-state index in [4.69, 9.17) is 37.0 Å². The number of aliphatic hydroxyl groups excluding tert-OH is 1. The van der Waals surface area contributed by atoms with Gasteiger partial charge in [0.2, 0.25) is 0 Å². The fraction of sp³-hybridized carbons (Fsp3) is 0.956. The molecule has 648 valence electrons. The van der Waals surface area contributed by atoms with E-state index in [0.29, 0.717) is 25.7 Å². The van der Waals surface area contributed by atoms with Crippen molar-refractivity contribution in [3.63, 3.8) is 0 Å². The first-order valence-electron chi connectivity index (χ1n) is 46.6. The molecule has 19 heteroatoms. The number of hydrogen-bond donors (Lipinski definition) is 3. The molecule has 0 amide bonds. The number of esters is 4. The van der Waals surface area contributed by atoms with Gasteiger partial charge in [0.25, 0.3) is 0 Å². The lowest BCUT2D eigenvalue weighted by Crippen LogP contribution is -2.30. The number of phosphoric ester groups is 2. The quantitative estimate of drug-likeness (QED) is 0.0222. The minimum Gasteiger partial charge on any atom is -0.462 e. The summed E-state index contributed by atoms with van der Waals surface area (Å²) in [5.41, 5.74) is 0. The molecular weight excluding hydrogens is 1410 g/mol. The molecule has 0 aliphatic carbocycles. The standard InChI is InChI=1S/C90H176O17P2/c1-6-9-12-15-18-21-24-26-28-30-32-34-36-38-40-42-44-50-55-60-65-70-75-89(94)106-86(80-101-88(93)74-69-64-59-54-49-43-41-39-37-35-33-31-29-27-25-22-19-16-13-10-7-2)82-105-109(98,99)103-78-84(91)77-102-108(96,97)104-81-85(79-100-87(92)73-68-63-58-53-47-23-20-17-14-11-8-3)107-90(95)76-71-66-61-56-51-46-45-48-52-57-62-67-72-83(4)5/h83-86,91H,6-82H2,1-5H3,(H,96,97)(H,98,99)/t84-,85+,86+/m0/s1. The van der Waals surface area contributed by atoms with Crippen LogP contribution in [0.2, 0.25) is 0 Å². The van der Waals surface area contributed by atoms with Crippen LogP contribution in [-0.2, 0) is 65.4 Å². The lowest BCUT2D eigenvalue weighted by Gasteiger charge is -2.21. The van der Waals surface area contributed by atoms with E-state index >= 15 is 0 Å². The molecule has 0 aromatic heterocycles. The number of rotatable bonds is 90. The van der Waals surface area contributed by atoms with Crippen LogP contribution in [0.1, 0.15) is 490 Å². The number of carbonyl (C=O) groups is 4. The van der Waals surface area contributed by atoms with Gasteiger partial charge in [0.05, 0.1) is 26.4 Å². The maximum Gasteiger partial charge on any atom is 0.472 e. The van der Waals surface area contributed by atoms with Crippen molar-refractivity contribution in [1.82, 2.24) is 0 Å². The predicted octanol–water partition coefficient (Wildman–Crippen LogP) is 27.9. The van der Waals surface area contributed by atoms with Crippen LogP contribution in [0, 0.1) is 5.92 Å². The second kappa shape index (κ2) is 82.6. The van der Waals surface area contributed by atoms with Gasteiger partial charge in [-0.25, -0.2) is 9.13 Å². The van der Waals surface area contributed by atoms with Crippen LogP contribution in [-0.4, -0.2) is 96.7 Å². The smallest absolute Gasteiger partial charge is 0.462 e. The number of aliphatic hydroxyl groups is 1. The molecular formula is C90H176O17P2. The van der Waals surface area contributed by atoms with Gasteiger partial charge in [-0.3, -0.25) is 37.3 Å². The molecule has 5 atom stereocenters. The van der Waals surface area contributed by atoms with Crippen LogP contribution >= 0.6 is 15.6 Å². The Morgan fingerprint density at radius 3 is 0.624 bits per heavy atom. The molecule has 0 saturated heterocycles. The van der Waals surface area contributed by atoms with Gasteiger partial charge in [-0.05, 0) is 31.6 Å². The zero-order valence-corrected chi connectivity index (χ0v) is 73.5. The van der Waals surface area contributed by atoms with Crippen LogP contribution in [0.15, 0.2) is 0 Å². The minimum absolute atomic E-state index is 0.108. The molecule has 0 radical (unpaired) electrons. The molecule has 0 aliphatic rings. The summed E-state index contributed by atoms with van der Waals surface area (Å²) in [4.78, 5) is 73.3. The molecule has 0 aromatic rings. The summed E-state index contributed by atoms with van der Waals surface area (Å²) in [6.45, 7) is 7.39. The van der Waals surface area contributed by atoms with Crippen molar-refractivity contribution in [3.8, 4) is 0 Å². The highest BCUT2D eigenvalue weighted by Gasteiger charge is 2.31. The van der Waals surface area contributed by atoms with Crippen molar-refractivity contribution >= 4 is 39.5 Å². The third-order valence-corrected chi connectivity index (χ3v) is 23.2. The highest BCUT2D eigenvalue weighted by atomic mass is 31.2. The summed E-state index contributed by atoms with van der Waals surface area (Å²) < 4.78 is 69.0. The first-order valence-corrected chi connectivity index (χ1v) is 49.6. The van der Waals surface area contributed by atoms with Gasteiger partial charge >= 0.3 is 39.5 Å². The largest absolute Gasteiger partial charge is 0.472 e. The molecule has 0 rings (SSSR count). The van der Waals surface area contributed by atoms with Crippen LogP contribution < -0.4 is 0 Å². The van der Waals surface area contributed by atoms with Crippen molar-refractivity contribution in [1.29, 1.82) is 0 Å². The Bertz CT molecular complexity index is 2070. The van der Waals surface area contributed by atoms with Crippen LogP contribution in [0.5, 0.6) is 0 Å². The monoisotopic (exact) mass is 1590 g/mol. The second-order valence-corrected chi connectivity index (χ2v) is 35.7. The zero-order valence-electron chi connectivity index (χ0n) is 71.7. The molecule has 0 saturated carbocycles. The highest BCUT2D eigenvalue weighted by Crippen LogP contribution is 2.45. The van der Waals surface area contributed by atoms with Gasteiger partial charge in [-0.2, -0.15) is 0 Å². The summed E-state index contributed by atoms with van der Waals surface area (Å²) >= 11 is 0. The lowest BCUT2D eigenvalue weighted by atomic mass is 10.0. The zero-order chi connectivity index (χ0) is 79.7. The second-order valence-electron chi connectivity index (χ2n) is 32.8. The van der Waals surface area contributed by atoms with Crippen LogP contribution in [0.4, 0.5) is 0 Å². The molecule has 2 unspecified atom stereocenters. The SMILES string of the molecule is CCCCCCCCCCCCCCCCCCCCCCCCC(=O)O[C@H](COC(=O)CCCCCCCCCCCCCCCCCCCCCCC)COP(=O)(O)OC[C@@H](O)COP(=O)(O)OC[C@@H](COC(=O)CCCCCCCCCCCCC)OC(=O)CCCCCCCCCCCCCCC(C)C. The van der Waals surface area contributed by atoms with Crippen molar-refractivity contribution in [2.75, 3.05) is 39.6 Å². The molecule has 0 spiro atoms. The molecule has 3 N–H and O–H groups in total. The van der Waals surface area contributed by atoms with Gasteiger partial charge in [-0.1, -0.05) is 439 Å². The van der Waals surface area contributed by atoms with E-state index in [1.807, 2.05) is 0 Å². The fourth-order valence-electron chi connectivity index (χ4n) is 14.2. The van der Waals surface area contributed by atoms with Crippen molar-refractivity contribution in [2.45, 2.75) is 509 Å². The average Bonchev–Trinajstić information content (AvgIpc) is 0.900. The average molecular weight is 1590 g/mol. The maximum atomic E-state index is 13.2. The van der Waals surface area contributed by atoms with E-state index in [-0.39, 0.29) is 25.7 Å². The van der Waals surface area contributed by atoms with E-state index in [0.717, 1.165) is 95.8 Å². The topological polar surface area (TPSA) is 237 Å². The van der Waals surface area contributed by atoms with Gasteiger partial charge in [0.1, 0.15) is 19.3 Å². The summed E-state index contributed by atoms with van der Waals surface area (Å²) in [7, 11) is -9.93. The Balaban J connectivity index is 5.22. The number of carbonyl (C=O) groups excluding carboxylic acids is 4. The number of hydrogen-bond acceptors (Lipinski definition) is 15. The Labute approximate surface area is 670 Å². The molecule has 0 heterocycles. The number of phosphoric acid groups is 2. The van der Waals surface area contributed by atoms with Crippen molar-refractivity contribution in [2.24, 2.45) is 5.92 Å². The summed E-state index contributed by atoms with van der Waals surface area (Å²) in [6.07, 6.45) is 77.9. The fourth-order valence-corrected chi connectivity index (χ4v) is 15.8. The molecule has 17 nitrogen and oxygen atoms in total. The normalized spacial score (nSPS) is 13.7. The number of ether oxygens (including phenoxy) is 4. The van der Waals surface area contributed by atoms with E-state index in [1.165, 1.54) is 315 Å². The van der Waals surface area contributed by atoms with Gasteiger partial charge < -0.3 is 33.8 Å². The Kier molecular flexibility index (Phi) is 81.1. The molecule has 0 bridgehead atoms. The first-order chi connectivity index (χ1) is 53.0. The van der Waals surface area contributed by atoms with Crippen LogP contribution in [0.25, 0.3) is 0 Å².